The zero-order valence-electron chi connectivity index (χ0n) is 64.2. The number of hydrogen-bond acceptors (Lipinski definition) is 20. The topological polar surface area (TPSA) is 380 Å². The van der Waals surface area contributed by atoms with Gasteiger partial charge in [-0.15, -0.1) is 0 Å². The molecule has 113 heavy (non-hydrogen) atoms. The summed E-state index contributed by atoms with van der Waals surface area (Å²) in [6, 6.07) is 30.9. The quantitative estimate of drug-likeness (QED) is 0.0130. The van der Waals surface area contributed by atoms with Crippen molar-refractivity contribution in [3.63, 3.8) is 0 Å². The third-order valence-corrected chi connectivity index (χ3v) is 31.3. The second kappa shape index (κ2) is 45.7. The van der Waals surface area contributed by atoms with Gasteiger partial charge in [0.15, 0.2) is 46.0 Å². The van der Waals surface area contributed by atoms with Crippen molar-refractivity contribution < 1.29 is 105 Å². The predicted molar refractivity (Wildman–Crippen MR) is 429 cm³/mol. The average Bonchev–Trinajstić information content (AvgIpc) is 1.85. The molecule has 7 aromatic carbocycles. The molecule has 0 aromatic heterocycles. The van der Waals surface area contributed by atoms with Crippen LogP contribution in [0.3, 0.4) is 0 Å². The minimum Gasteiger partial charge on any atom is -0.504 e. The van der Waals surface area contributed by atoms with E-state index >= 15 is 0 Å². The minimum atomic E-state index is -4.91. The lowest BCUT2D eigenvalue weighted by Crippen LogP contribution is -2.37. The van der Waals surface area contributed by atoms with Gasteiger partial charge in [-0.25, -0.2) is 50.5 Å². The molecule has 0 bridgehead atoms. The third kappa shape index (κ3) is 28.8. The van der Waals surface area contributed by atoms with Gasteiger partial charge >= 0.3 is 6.18 Å². The molecule has 1 heterocycles. The normalized spacial score (nSPS) is 13.8. The van der Waals surface area contributed by atoms with E-state index in [4.69, 9.17) is 11.6 Å². The van der Waals surface area contributed by atoms with E-state index in [1.807, 2.05) is 37.3 Å². The highest BCUT2D eigenvalue weighted by Crippen LogP contribution is 2.38. The van der Waals surface area contributed by atoms with Gasteiger partial charge in [0.05, 0.1) is 34.9 Å². The molecule has 8 rings (SSSR count). The second-order valence-corrected chi connectivity index (χ2v) is 39.5. The Morgan fingerprint density at radius 2 is 0.708 bits per heavy atom. The fourth-order valence-electron chi connectivity index (χ4n) is 12.2. The maximum Gasteiger partial charge on any atom is 0.416 e. The number of phenolic OH excluding ortho intramolecular Hbond substituents is 8. The number of benzene rings is 7. The molecule has 0 unspecified atom stereocenters. The van der Waals surface area contributed by atoms with E-state index in [0.29, 0.717) is 60.8 Å². The van der Waals surface area contributed by atoms with E-state index in [1.165, 1.54) is 82.0 Å². The molecule has 0 spiro atoms. The van der Waals surface area contributed by atoms with E-state index in [1.54, 1.807) is 0 Å². The SMILES string of the molecule is CCCCCCCCN(CCCCCC)S(=O)(=O)c1ccc(O)c(O)c1.CCCCCCCCN(S(=O)(=O)c1cccc(C(F)(F)F)c1)S(=O)(=O)c1ccc(O)c(O)c1.CCCCCCCCN(S(=O)(=O)c1cccc(Cl)c1)S(=O)(=O)c1ccc(O)c(O)c1.O=S(=O)(c1ccc(O)c(O)c1)N1CCC[C@H]1CCc1ccccc1. The molecule has 8 N–H and O–H groups in total. The maximum absolute atomic E-state index is 13.2. The summed E-state index contributed by atoms with van der Waals surface area (Å²) in [6.07, 6.45) is 18.4. The van der Waals surface area contributed by atoms with Gasteiger partial charge in [-0.2, -0.15) is 21.8 Å². The monoisotopic (exact) mass is 1720 g/mol. The number of rotatable bonds is 41. The molecule has 0 radical (unpaired) electrons. The molecule has 1 fully saturated rings. The molecule has 1 aliphatic heterocycles. The highest BCUT2D eigenvalue weighted by molar-refractivity contribution is 8.04. The molecular weight excluding hydrogens is 1610 g/mol. The fraction of sp³-hybridized carbons (Fsp3) is 0.468. The van der Waals surface area contributed by atoms with Crippen LogP contribution < -0.4 is 0 Å². The average molecular weight is 1720 g/mol. The first-order valence-electron chi connectivity index (χ1n) is 38.0. The van der Waals surface area contributed by atoms with Crippen molar-refractivity contribution >= 4 is 71.7 Å². The molecule has 24 nitrogen and oxygen atoms in total. The second-order valence-electron chi connectivity index (χ2n) is 27.3. The maximum atomic E-state index is 13.2. The molecule has 0 saturated carbocycles. The summed E-state index contributed by atoms with van der Waals surface area (Å²) in [4.78, 5) is -2.07. The summed E-state index contributed by atoms with van der Waals surface area (Å²) in [5, 5.41) is 76.5. The molecular formula is C79H108ClF3N4O20S6. The first kappa shape index (κ1) is 96.1. The molecule has 34 heteroatoms. The number of hydrogen-bond donors (Lipinski definition) is 8. The van der Waals surface area contributed by atoms with Gasteiger partial charge in [0.25, 0.3) is 40.1 Å². The highest BCUT2D eigenvalue weighted by atomic mass is 35.5. The van der Waals surface area contributed by atoms with E-state index in [9.17, 15) is 105 Å². The molecule has 1 aliphatic rings. The first-order chi connectivity index (χ1) is 53.3. The Balaban J connectivity index is 0.000000271. The van der Waals surface area contributed by atoms with Crippen LogP contribution in [-0.2, 0) is 72.7 Å². The van der Waals surface area contributed by atoms with Crippen LogP contribution >= 0.6 is 11.6 Å². The minimum absolute atomic E-state index is 0.0180. The van der Waals surface area contributed by atoms with Crippen molar-refractivity contribution in [1.82, 2.24) is 16.0 Å². The lowest BCUT2D eigenvalue weighted by atomic mass is 10.0. The van der Waals surface area contributed by atoms with E-state index in [0.717, 1.165) is 177 Å². The lowest BCUT2D eigenvalue weighted by Gasteiger charge is -2.24. The van der Waals surface area contributed by atoms with E-state index in [-0.39, 0.29) is 53.9 Å². The number of alkyl halides is 3. The summed E-state index contributed by atoms with van der Waals surface area (Å²) in [5.74, 6) is -4.02. The highest BCUT2D eigenvalue weighted by Gasteiger charge is 2.41. The van der Waals surface area contributed by atoms with Crippen molar-refractivity contribution in [1.29, 1.82) is 0 Å². The van der Waals surface area contributed by atoms with Gasteiger partial charge in [0, 0.05) is 68.1 Å². The molecule has 7 aromatic rings. The fourth-order valence-corrected chi connectivity index (χ4v) is 23.3. The zero-order valence-corrected chi connectivity index (χ0v) is 69.8. The van der Waals surface area contributed by atoms with Gasteiger partial charge in [-0.05, 0) is 142 Å². The van der Waals surface area contributed by atoms with Crippen molar-refractivity contribution in [3.05, 3.63) is 168 Å². The molecule has 1 atom stereocenters. The Bertz CT molecular complexity index is 4860. The van der Waals surface area contributed by atoms with Crippen molar-refractivity contribution in [2.24, 2.45) is 0 Å². The van der Waals surface area contributed by atoms with Crippen LogP contribution in [0.1, 0.15) is 199 Å². The summed E-state index contributed by atoms with van der Waals surface area (Å²) < 4.78 is 200. The number of halogens is 4. The largest absolute Gasteiger partial charge is 0.504 e. The molecule has 628 valence electrons. The van der Waals surface area contributed by atoms with Crippen molar-refractivity contribution in [2.45, 2.75) is 236 Å². The Hall–Kier alpha value is -7.44. The summed E-state index contributed by atoms with van der Waals surface area (Å²) in [6.45, 7) is 9.16. The summed E-state index contributed by atoms with van der Waals surface area (Å²) in [5.41, 5.74) is -0.0354. The number of phenols is 8. The van der Waals surface area contributed by atoms with Crippen LogP contribution in [0.4, 0.5) is 13.2 Å². The molecule has 0 amide bonds. The molecule has 1 saturated heterocycles. The van der Waals surface area contributed by atoms with Gasteiger partial charge in [-0.1, -0.05) is 205 Å². The Labute approximate surface area is 670 Å². The standard InChI is InChI=1S/C21H26F3NO6S2.C20H26ClNO6S2.C20H35NO4S.C18H21NO4S/c1-2-3-4-5-6-7-13-25(33(30,31)18-11-12-19(26)20(27)15-18)32(28,29)17-10-8-9-16(14-17)21(22,23)24;1-2-3-4-5-6-7-13-22(29(25,26)17-10-8-9-16(21)14-17)30(27,28)18-11-12-19(23)20(24)15-18;1-3-5-7-9-10-12-16-21(15-11-8-6-4-2)26(24,25)18-13-14-19(22)20(23)17-18;20-17-11-10-16(13-18(17)21)24(22,23)19-12-4-7-15(19)9-8-14-5-2-1-3-6-14/h8-12,14-15,26-27H,2-7,13H2,1H3;8-12,14-15,23-24H,2-7,13H2,1H3;13-14,17,22-23H,3-12,15-16H2,1-2H3;1-3,5-6,10-11,13,15,20-21H,4,7-9,12H2/t;;;15-/m...0/s1. The first-order valence-corrected chi connectivity index (χ1v) is 47.0. The van der Waals surface area contributed by atoms with E-state index in [2.05, 4.69) is 20.8 Å². The van der Waals surface area contributed by atoms with Crippen LogP contribution in [0, 0.1) is 0 Å². The van der Waals surface area contributed by atoms with Gasteiger partial charge in [-0.3, -0.25) is 0 Å². The number of aryl methyl sites for hydroxylation is 1. The van der Waals surface area contributed by atoms with E-state index < -0.39 is 128 Å². The van der Waals surface area contributed by atoms with Gasteiger partial charge in [0.1, 0.15) is 0 Å². The van der Waals surface area contributed by atoms with Gasteiger partial charge in [0.2, 0.25) is 20.0 Å². The predicted octanol–water partition coefficient (Wildman–Crippen LogP) is 17.3. The van der Waals surface area contributed by atoms with Crippen LogP contribution in [0.25, 0.3) is 0 Å². The van der Waals surface area contributed by atoms with Crippen molar-refractivity contribution in [2.75, 3.05) is 32.7 Å². The van der Waals surface area contributed by atoms with Gasteiger partial charge < -0.3 is 40.9 Å². The lowest BCUT2D eigenvalue weighted by molar-refractivity contribution is -0.137. The number of aromatic hydroxyl groups is 8. The zero-order chi connectivity index (χ0) is 83.8. The Morgan fingerprint density at radius 1 is 0.372 bits per heavy atom. The third-order valence-electron chi connectivity index (χ3n) is 18.6. The number of sulfonamides is 6. The number of nitrogens with zero attached hydrogens (tertiary/aromatic N) is 4. The Kier molecular flexibility index (Phi) is 38.9. The van der Waals surface area contributed by atoms with Crippen LogP contribution in [0.2, 0.25) is 5.02 Å². The summed E-state index contributed by atoms with van der Waals surface area (Å²) in [7, 11) is -26.0. The van der Waals surface area contributed by atoms with Crippen LogP contribution in [0.5, 0.6) is 46.0 Å². The van der Waals surface area contributed by atoms with Crippen molar-refractivity contribution in [3.8, 4) is 46.0 Å². The smallest absolute Gasteiger partial charge is 0.416 e. The summed E-state index contributed by atoms with van der Waals surface area (Å²) >= 11 is 5.91. The van der Waals surface area contributed by atoms with Crippen LogP contribution in [0.15, 0.2) is 181 Å². The van der Waals surface area contributed by atoms with Crippen LogP contribution in [-0.4, -0.2) is 146 Å². The number of unbranched alkanes of at least 4 members (excludes halogenated alkanes) is 18. The Morgan fingerprint density at radius 3 is 1.10 bits per heavy atom. The molecule has 0 aliphatic carbocycles.